The van der Waals surface area contributed by atoms with E-state index >= 15 is 0 Å². The second-order valence-corrected chi connectivity index (χ2v) is 6.25. The van der Waals surface area contributed by atoms with Gasteiger partial charge in [0, 0.05) is 23.4 Å². The quantitative estimate of drug-likeness (QED) is 0.343. The summed E-state index contributed by atoms with van der Waals surface area (Å²) in [4.78, 5) is 22.9. The molecule has 0 spiro atoms. The smallest absolute Gasteiger partial charge is 0.269 e. The van der Waals surface area contributed by atoms with E-state index in [2.05, 4.69) is 5.32 Å². The fourth-order valence-electron chi connectivity index (χ4n) is 2.66. The van der Waals surface area contributed by atoms with Crippen molar-refractivity contribution < 1.29 is 19.2 Å². The van der Waals surface area contributed by atoms with Crippen molar-refractivity contribution >= 4 is 17.3 Å². The summed E-state index contributed by atoms with van der Waals surface area (Å²) in [7, 11) is 0. The first-order chi connectivity index (χ1) is 14.0. The molecule has 0 aliphatic rings. The molecular weight excluding hydrogens is 372 g/mol. The lowest BCUT2D eigenvalue weighted by Crippen LogP contribution is -2.13. The molecule has 0 saturated heterocycles. The van der Waals surface area contributed by atoms with Gasteiger partial charge in [-0.05, 0) is 48.9 Å². The highest BCUT2D eigenvalue weighted by atomic mass is 16.6. The number of aryl methyl sites for hydroxylation is 1. The Morgan fingerprint density at radius 1 is 0.931 bits per heavy atom. The molecule has 3 aromatic carbocycles. The van der Waals surface area contributed by atoms with Crippen LogP contribution < -0.4 is 14.8 Å². The summed E-state index contributed by atoms with van der Waals surface area (Å²) < 4.78 is 11.2. The Bertz CT molecular complexity index is 1010. The summed E-state index contributed by atoms with van der Waals surface area (Å²) in [6.07, 6.45) is 0. The Hall–Kier alpha value is -3.87. The largest absolute Gasteiger partial charge is 0.490 e. The molecule has 1 N–H and O–H groups in total. The van der Waals surface area contributed by atoms with E-state index in [0.717, 1.165) is 5.75 Å². The number of hydrogen-bond acceptors (Lipinski definition) is 5. The van der Waals surface area contributed by atoms with Crippen molar-refractivity contribution in [3.05, 3.63) is 94.0 Å². The number of hydrogen-bond donors (Lipinski definition) is 1. The van der Waals surface area contributed by atoms with Crippen LogP contribution in [0.4, 0.5) is 11.4 Å². The first-order valence-corrected chi connectivity index (χ1v) is 9.00. The molecule has 0 aliphatic heterocycles. The molecule has 0 fully saturated rings. The number of para-hydroxylation sites is 1. The minimum Gasteiger partial charge on any atom is -0.490 e. The normalized spacial score (nSPS) is 10.2. The maximum atomic E-state index is 12.5. The number of non-ortho nitro benzene ring substituents is 1. The van der Waals surface area contributed by atoms with Crippen molar-refractivity contribution in [3.8, 4) is 11.5 Å². The zero-order valence-corrected chi connectivity index (χ0v) is 15.8. The van der Waals surface area contributed by atoms with E-state index in [1.54, 1.807) is 31.2 Å². The number of carbonyl (C=O) groups excluding carboxylic acids is 1. The zero-order valence-electron chi connectivity index (χ0n) is 15.8. The number of ether oxygens (including phenoxy) is 2. The topological polar surface area (TPSA) is 90.7 Å². The molecule has 3 rings (SSSR count). The van der Waals surface area contributed by atoms with Crippen LogP contribution in [0.1, 0.15) is 15.9 Å². The predicted octanol–water partition coefficient (Wildman–Crippen LogP) is 4.61. The number of nitro groups is 1. The standard InChI is InChI=1S/C22H20N2O5/c1-16-14-18(24(26)27)10-11-21(16)23-22(25)17-6-5-9-20(15-17)29-13-12-28-19-7-3-2-4-8-19/h2-11,14-15H,12-13H2,1H3,(H,23,25). The third kappa shape index (κ3) is 5.55. The van der Waals surface area contributed by atoms with Crippen molar-refractivity contribution in [2.24, 2.45) is 0 Å². The van der Waals surface area contributed by atoms with Crippen LogP contribution in [0.2, 0.25) is 0 Å². The average Bonchev–Trinajstić information content (AvgIpc) is 2.73. The van der Waals surface area contributed by atoms with Crippen molar-refractivity contribution in [3.63, 3.8) is 0 Å². The Balaban J connectivity index is 1.57. The van der Waals surface area contributed by atoms with E-state index < -0.39 is 4.92 Å². The SMILES string of the molecule is Cc1cc([N+](=O)[O-])ccc1NC(=O)c1cccc(OCCOc2ccccc2)c1. The summed E-state index contributed by atoms with van der Waals surface area (Å²) in [5.41, 5.74) is 1.53. The number of nitrogens with zero attached hydrogens (tertiary/aromatic N) is 1. The van der Waals surface area contributed by atoms with Gasteiger partial charge in [0.25, 0.3) is 11.6 Å². The van der Waals surface area contributed by atoms with Gasteiger partial charge in [0.2, 0.25) is 0 Å². The Morgan fingerprint density at radius 3 is 2.31 bits per heavy atom. The lowest BCUT2D eigenvalue weighted by Gasteiger charge is -2.11. The first kappa shape index (κ1) is 19.9. The highest BCUT2D eigenvalue weighted by Crippen LogP contribution is 2.22. The van der Waals surface area contributed by atoms with E-state index in [-0.39, 0.29) is 11.6 Å². The van der Waals surface area contributed by atoms with Gasteiger partial charge in [-0.1, -0.05) is 24.3 Å². The third-order valence-corrected chi connectivity index (χ3v) is 4.13. The van der Waals surface area contributed by atoms with Crippen molar-refractivity contribution in [1.29, 1.82) is 0 Å². The summed E-state index contributed by atoms with van der Waals surface area (Å²) >= 11 is 0. The van der Waals surface area contributed by atoms with Gasteiger partial charge in [0.05, 0.1) is 4.92 Å². The highest BCUT2D eigenvalue weighted by molar-refractivity contribution is 6.04. The highest BCUT2D eigenvalue weighted by Gasteiger charge is 2.12. The second kappa shape index (κ2) is 9.36. The first-order valence-electron chi connectivity index (χ1n) is 9.00. The van der Waals surface area contributed by atoms with Gasteiger partial charge in [-0.2, -0.15) is 0 Å². The van der Waals surface area contributed by atoms with Gasteiger partial charge in [0.1, 0.15) is 24.7 Å². The molecule has 0 heterocycles. The van der Waals surface area contributed by atoms with Crippen molar-refractivity contribution in [1.82, 2.24) is 0 Å². The van der Waals surface area contributed by atoms with Crippen LogP contribution in [0.25, 0.3) is 0 Å². The Labute approximate surface area is 168 Å². The third-order valence-electron chi connectivity index (χ3n) is 4.13. The van der Waals surface area contributed by atoms with Gasteiger partial charge in [-0.25, -0.2) is 0 Å². The molecule has 0 unspecified atom stereocenters. The molecule has 0 bridgehead atoms. The number of carbonyl (C=O) groups is 1. The van der Waals surface area contributed by atoms with Gasteiger partial charge in [-0.15, -0.1) is 0 Å². The van der Waals surface area contributed by atoms with Crippen LogP contribution in [-0.4, -0.2) is 24.0 Å². The van der Waals surface area contributed by atoms with Crippen LogP contribution in [0.3, 0.4) is 0 Å². The summed E-state index contributed by atoms with van der Waals surface area (Å²) in [6, 6.07) is 20.5. The van der Waals surface area contributed by atoms with E-state index in [0.29, 0.717) is 35.8 Å². The zero-order chi connectivity index (χ0) is 20.6. The Kier molecular flexibility index (Phi) is 6.42. The van der Waals surface area contributed by atoms with Crippen LogP contribution >= 0.6 is 0 Å². The molecule has 0 radical (unpaired) electrons. The van der Waals surface area contributed by atoms with Gasteiger partial charge in [-0.3, -0.25) is 14.9 Å². The van der Waals surface area contributed by atoms with Gasteiger partial charge in [0.15, 0.2) is 0 Å². The number of nitrogens with one attached hydrogen (secondary N) is 1. The van der Waals surface area contributed by atoms with Crippen molar-refractivity contribution in [2.75, 3.05) is 18.5 Å². The summed E-state index contributed by atoms with van der Waals surface area (Å²) in [5.74, 6) is 0.991. The number of nitro benzene ring substituents is 1. The van der Waals surface area contributed by atoms with E-state index in [4.69, 9.17) is 9.47 Å². The molecule has 0 atom stereocenters. The van der Waals surface area contributed by atoms with Crippen LogP contribution in [0.15, 0.2) is 72.8 Å². The molecular formula is C22H20N2O5. The molecule has 0 aromatic heterocycles. The molecule has 3 aromatic rings. The maximum Gasteiger partial charge on any atom is 0.269 e. The average molecular weight is 392 g/mol. The maximum absolute atomic E-state index is 12.5. The van der Waals surface area contributed by atoms with Gasteiger partial charge < -0.3 is 14.8 Å². The van der Waals surface area contributed by atoms with Crippen LogP contribution in [0.5, 0.6) is 11.5 Å². The molecule has 0 saturated carbocycles. The van der Waals surface area contributed by atoms with Crippen molar-refractivity contribution in [2.45, 2.75) is 6.92 Å². The molecule has 148 valence electrons. The number of rotatable bonds is 8. The molecule has 29 heavy (non-hydrogen) atoms. The van der Waals surface area contributed by atoms with Gasteiger partial charge >= 0.3 is 0 Å². The van der Waals surface area contributed by atoms with Crippen LogP contribution in [-0.2, 0) is 0 Å². The summed E-state index contributed by atoms with van der Waals surface area (Å²) in [6.45, 7) is 2.42. The number of amides is 1. The molecule has 7 heteroatoms. The summed E-state index contributed by atoms with van der Waals surface area (Å²) in [5, 5.41) is 13.6. The lowest BCUT2D eigenvalue weighted by molar-refractivity contribution is -0.384. The molecule has 1 amide bonds. The van der Waals surface area contributed by atoms with E-state index in [1.165, 1.54) is 18.2 Å². The molecule has 7 nitrogen and oxygen atoms in total. The second-order valence-electron chi connectivity index (χ2n) is 6.25. The number of benzene rings is 3. The fourth-order valence-corrected chi connectivity index (χ4v) is 2.66. The van der Waals surface area contributed by atoms with E-state index in [1.807, 2.05) is 30.3 Å². The lowest BCUT2D eigenvalue weighted by atomic mass is 10.1. The van der Waals surface area contributed by atoms with E-state index in [9.17, 15) is 14.9 Å². The Morgan fingerprint density at radius 2 is 1.62 bits per heavy atom. The monoisotopic (exact) mass is 392 g/mol. The van der Waals surface area contributed by atoms with Crippen LogP contribution in [0, 0.1) is 17.0 Å². The minimum atomic E-state index is -0.471. The number of anilines is 1. The fraction of sp³-hybridized carbons (Fsp3) is 0.136. The minimum absolute atomic E-state index is 0.0198. The molecule has 0 aliphatic carbocycles. The predicted molar refractivity (Wildman–Crippen MR) is 110 cm³/mol.